The number of anilines is 1. The highest BCUT2D eigenvalue weighted by atomic mass is 16.4. The van der Waals surface area contributed by atoms with Crippen molar-refractivity contribution in [3.63, 3.8) is 0 Å². The quantitative estimate of drug-likeness (QED) is 0.735. The lowest BCUT2D eigenvalue weighted by Gasteiger charge is -2.06. The topological polar surface area (TPSA) is 102 Å². The molecule has 0 aliphatic rings. The van der Waals surface area contributed by atoms with E-state index in [0.29, 0.717) is 5.56 Å². The predicted molar refractivity (Wildman–Crippen MR) is 74.1 cm³/mol. The molecule has 3 aromatic rings. The van der Waals surface area contributed by atoms with Gasteiger partial charge in [0, 0.05) is 28.9 Å². The van der Waals surface area contributed by atoms with Crippen LogP contribution < -0.4 is 5.73 Å². The van der Waals surface area contributed by atoms with E-state index in [1.54, 1.807) is 6.20 Å². The zero-order valence-corrected chi connectivity index (χ0v) is 10.3. The fourth-order valence-corrected chi connectivity index (χ4v) is 1.94. The van der Waals surface area contributed by atoms with Gasteiger partial charge in [0.2, 0.25) is 5.82 Å². The number of pyridine rings is 1. The van der Waals surface area contributed by atoms with E-state index >= 15 is 0 Å². The van der Waals surface area contributed by atoms with Crippen molar-refractivity contribution in [3.05, 3.63) is 48.5 Å². The molecule has 0 saturated carbocycles. The Morgan fingerprint density at radius 3 is 2.70 bits per heavy atom. The number of fused-ring (bicyclic) bond motifs is 1. The smallest absolute Gasteiger partial charge is 0.374 e. The monoisotopic (exact) mass is 266 g/mol. The Balaban J connectivity index is 2.13. The highest BCUT2D eigenvalue weighted by Gasteiger charge is 2.11. The summed E-state index contributed by atoms with van der Waals surface area (Å²) in [6.07, 6.45) is 3.06. The molecule has 0 spiro atoms. The standard InChI is InChI=1S/C14H10N4O2/c15-12-10(7-17-13(18-12)14(19)20)9-5-8-3-1-2-4-11(8)16-6-9/h1-7H,(H,19,20)(H2,15,17,18). The molecular formula is C14H10N4O2. The Morgan fingerprint density at radius 1 is 1.15 bits per heavy atom. The highest BCUT2D eigenvalue weighted by Crippen LogP contribution is 2.25. The number of aromatic nitrogens is 3. The van der Waals surface area contributed by atoms with Crippen LogP contribution in [0.4, 0.5) is 5.82 Å². The molecule has 1 aromatic carbocycles. The molecule has 0 unspecified atom stereocenters. The third-order valence-corrected chi connectivity index (χ3v) is 2.91. The van der Waals surface area contributed by atoms with Crippen molar-refractivity contribution in [2.75, 3.05) is 5.73 Å². The van der Waals surface area contributed by atoms with Crippen LogP contribution in [0.2, 0.25) is 0 Å². The normalized spacial score (nSPS) is 10.6. The van der Waals surface area contributed by atoms with E-state index in [4.69, 9.17) is 10.8 Å². The summed E-state index contributed by atoms with van der Waals surface area (Å²) in [4.78, 5) is 22.7. The molecule has 0 aliphatic heterocycles. The summed E-state index contributed by atoms with van der Waals surface area (Å²) in [5, 5.41) is 9.78. The number of nitrogens with two attached hydrogens (primary N) is 1. The predicted octanol–water partition coefficient (Wildman–Crippen LogP) is 1.97. The number of hydrogen-bond acceptors (Lipinski definition) is 5. The minimum atomic E-state index is -1.21. The largest absolute Gasteiger partial charge is 0.475 e. The lowest BCUT2D eigenvalue weighted by Crippen LogP contribution is -2.07. The zero-order valence-electron chi connectivity index (χ0n) is 10.3. The van der Waals surface area contributed by atoms with Gasteiger partial charge in [-0.1, -0.05) is 18.2 Å². The third kappa shape index (κ3) is 2.03. The average molecular weight is 266 g/mol. The van der Waals surface area contributed by atoms with Crippen LogP contribution in [0.1, 0.15) is 10.6 Å². The number of carbonyl (C=O) groups is 1. The van der Waals surface area contributed by atoms with Crippen molar-refractivity contribution in [1.82, 2.24) is 15.0 Å². The van der Waals surface area contributed by atoms with Crippen LogP contribution in [-0.4, -0.2) is 26.0 Å². The van der Waals surface area contributed by atoms with Crippen molar-refractivity contribution < 1.29 is 9.90 Å². The summed E-state index contributed by atoms with van der Waals surface area (Å²) in [7, 11) is 0. The first kappa shape index (κ1) is 12.0. The second-order valence-electron chi connectivity index (χ2n) is 4.21. The van der Waals surface area contributed by atoms with Crippen molar-refractivity contribution in [2.45, 2.75) is 0 Å². The van der Waals surface area contributed by atoms with Crippen molar-refractivity contribution in [1.29, 1.82) is 0 Å². The number of para-hydroxylation sites is 1. The molecule has 0 saturated heterocycles. The Hall–Kier alpha value is -3.02. The molecular weight excluding hydrogens is 256 g/mol. The maximum absolute atomic E-state index is 10.8. The van der Waals surface area contributed by atoms with Gasteiger partial charge in [0.25, 0.3) is 0 Å². The molecule has 0 fully saturated rings. The average Bonchev–Trinajstić information content (AvgIpc) is 2.46. The maximum atomic E-state index is 10.8. The number of hydrogen-bond donors (Lipinski definition) is 2. The van der Waals surface area contributed by atoms with Crippen molar-refractivity contribution in [2.24, 2.45) is 0 Å². The molecule has 0 radical (unpaired) electrons. The van der Waals surface area contributed by atoms with Gasteiger partial charge in [0.05, 0.1) is 5.52 Å². The van der Waals surface area contributed by atoms with E-state index in [2.05, 4.69) is 15.0 Å². The molecule has 0 aliphatic carbocycles. The first-order valence-corrected chi connectivity index (χ1v) is 5.86. The molecule has 2 heterocycles. The van der Waals surface area contributed by atoms with Gasteiger partial charge in [-0.25, -0.2) is 14.8 Å². The zero-order chi connectivity index (χ0) is 14.1. The highest BCUT2D eigenvalue weighted by molar-refractivity contribution is 5.87. The van der Waals surface area contributed by atoms with Crippen LogP contribution in [-0.2, 0) is 0 Å². The summed E-state index contributed by atoms with van der Waals surface area (Å²) in [6, 6.07) is 9.59. The van der Waals surface area contributed by atoms with Crippen LogP contribution in [0, 0.1) is 0 Å². The number of benzene rings is 1. The van der Waals surface area contributed by atoms with Gasteiger partial charge in [-0.15, -0.1) is 0 Å². The molecule has 98 valence electrons. The molecule has 0 atom stereocenters. The molecule has 0 amide bonds. The molecule has 3 rings (SSSR count). The van der Waals surface area contributed by atoms with Crippen LogP contribution in [0.5, 0.6) is 0 Å². The van der Waals surface area contributed by atoms with Gasteiger partial charge in [0.15, 0.2) is 0 Å². The van der Waals surface area contributed by atoms with E-state index in [9.17, 15) is 4.79 Å². The molecule has 0 bridgehead atoms. The second-order valence-corrected chi connectivity index (χ2v) is 4.21. The summed E-state index contributed by atoms with van der Waals surface area (Å²) in [6.45, 7) is 0. The van der Waals surface area contributed by atoms with E-state index in [1.807, 2.05) is 30.3 Å². The van der Waals surface area contributed by atoms with Gasteiger partial charge in [-0.3, -0.25) is 4.98 Å². The Kier molecular flexibility index (Phi) is 2.76. The number of nitrogen functional groups attached to an aromatic ring is 1. The first-order valence-electron chi connectivity index (χ1n) is 5.86. The van der Waals surface area contributed by atoms with Crippen LogP contribution in [0.25, 0.3) is 22.0 Å². The lowest BCUT2D eigenvalue weighted by molar-refractivity contribution is 0.0683. The fraction of sp³-hybridized carbons (Fsp3) is 0. The number of carboxylic acids is 1. The van der Waals surface area contributed by atoms with Gasteiger partial charge >= 0.3 is 5.97 Å². The van der Waals surface area contributed by atoms with E-state index in [-0.39, 0.29) is 11.6 Å². The lowest BCUT2D eigenvalue weighted by atomic mass is 10.1. The van der Waals surface area contributed by atoms with Crippen LogP contribution in [0.15, 0.2) is 42.7 Å². The summed E-state index contributed by atoms with van der Waals surface area (Å²) >= 11 is 0. The van der Waals surface area contributed by atoms with E-state index in [1.165, 1.54) is 6.20 Å². The van der Waals surface area contributed by atoms with E-state index in [0.717, 1.165) is 16.5 Å². The van der Waals surface area contributed by atoms with Gasteiger partial charge in [0.1, 0.15) is 5.82 Å². The Labute approximate surface area is 113 Å². The molecule has 3 N–H and O–H groups in total. The SMILES string of the molecule is Nc1nc(C(=O)O)ncc1-c1cnc2ccccc2c1. The minimum absolute atomic E-state index is 0.120. The summed E-state index contributed by atoms with van der Waals surface area (Å²) in [5.41, 5.74) is 7.98. The van der Waals surface area contributed by atoms with E-state index < -0.39 is 5.97 Å². The van der Waals surface area contributed by atoms with Gasteiger partial charge < -0.3 is 10.8 Å². The molecule has 6 heteroatoms. The van der Waals surface area contributed by atoms with Crippen LogP contribution in [0.3, 0.4) is 0 Å². The Morgan fingerprint density at radius 2 is 1.95 bits per heavy atom. The number of rotatable bonds is 2. The number of nitrogens with zero attached hydrogens (tertiary/aromatic N) is 3. The Bertz CT molecular complexity index is 817. The van der Waals surface area contributed by atoms with Crippen molar-refractivity contribution >= 4 is 22.7 Å². The van der Waals surface area contributed by atoms with Crippen molar-refractivity contribution in [3.8, 4) is 11.1 Å². The van der Waals surface area contributed by atoms with Gasteiger partial charge in [-0.2, -0.15) is 0 Å². The summed E-state index contributed by atoms with van der Waals surface area (Å²) < 4.78 is 0. The minimum Gasteiger partial charge on any atom is -0.475 e. The number of carboxylic acid groups (broad SMARTS) is 1. The summed E-state index contributed by atoms with van der Waals surface area (Å²) in [5.74, 6) is -1.41. The number of aromatic carboxylic acids is 1. The maximum Gasteiger partial charge on any atom is 0.374 e. The van der Waals surface area contributed by atoms with Crippen LogP contribution >= 0.6 is 0 Å². The first-order chi connectivity index (χ1) is 9.65. The molecule has 6 nitrogen and oxygen atoms in total. The molecule has 20 heavy (non-hydrogen) atoms. The second kappa shape index (κ2) is 4.58. The molecule has 2 aromatic heterocycles. The fourth-order valence-electron chi connectivity index (χ4n) is 1.94. The van der Waals surface area contributed by atoms with Gasteiger partial charge in [-0.05, 0) is 12.1 Å². The third-order valence-electron chi connectivity index (χ3n) is 2.91.